The van der Waals surface area contributed by atoms with E-state index in [4.69, 9.17) is 0 Å². The van der Waals surface area contributed by atoms with E-state index in [1.54, 1.807) is 0 Å². The van der Waals surface area contributed by atoms with Gasteiger partial charge in [-0.2, -0.15) is 0 Å². The molecule has 0 radical (unpaired) electrons. The summed E-state index contributed by atoms with van der Waals surface area (Å²) in [5.74, 6) is 0. The van der Waals surface area contributed by atoms with Gasteiger partial charge in [0, 0.05) is 12.2 Å². The first kappa shape index (κ1) is 10.6. The van der Waals surface area contributed by atoms with Crippen LogP contribution in [0, 0.1) is 0 Å². The highest BCUT2D eigenvalue weighted by atomic mass is 14.9. The van der Waals surface area contributed by atoms with E-state index >= 15 is 0 Å². The maximum atomic E-state index is 3.45. The van der Waals surface area contributed by atoms with Crippen LogP contribution in [0.3, 0.4) is 0 Å². The summed E-state index contributed by atoms with van der Waals surface area (Å²) >= 11 is 0. The topological polar surface area (TPSA) is 12.0 Å². The van der Waals surface area contributed by atoms with Gasteiger partial charge in [0.15, 0.2) is 0 Å². The molecule has 0 aliphatic carbocycles. The molecule has 0 unspecified atom stereocenters. The van der Waals surface area contributed by atoms with Crippen LogP contribution < -0.4 is 5.32 Å². The van der Waals surface area contributed by atoms with Crippen molar-refractivity contribution in [3.05, 3.63) is 66.2 Å². The summed E-state index contributed by atoms with van der Waals surface area (Å²) in [4.78, 5) is 0. The summed E-state index contributed by atoms with van der Waals surface area (Å²) in [5.41, 5.74) is 5.31. The fourth-order valence-electron chi connectivity index (χ4n) is 2.84. The van der Waals surface area contributed by atoms with E-state index in [1.165, 1.54) is 33.2 Å². The molecule has 1 aliphatic rings. The van der Waals surface area contributed by atoms with Crippen LogP contribution in [0.2, 0.25) is 0 Å². The number of hydrogen-bond donors (Lipinski definition) is 1. The van der Waals surface area contributed by atoms with E-state index in [0.29, 0.717) is 0 Å². The van der Waals surface area contributed by atoms with Crippen molar-refractivity contribution < 1.29 is 0 Å². The molecule has 0 spiro atoms. The van der Waals surface area contributed by atoms with E-state index in [-0.39, 0.29) is 0 Å². The minimum absolute atomic E-state index is 1.07. The Bertz CT molecular complexity index is 758. The quantitative estimate of drug-likeness (QED) is 0.666. The Hall–Kier alpha value is -2.28. The highest BCUT2D eigenvalue weighted by Crippen LogP contribution is 2.30. The molecule has 0 saturated heterocycles. The van der Waals surface area contributed by atoms with Crippen molar-refractivity contribution in [2.45, 2.75) is 6.42 Å². The molecule has 3 aromatic carbocycles. The molecule has 1 heteroatoms. The van der Waals surface area contributed by atoms with Crippen molar-refractivity contribution in [1.29, 1.82) is 0 Å². The maximum absolute atomic E-state index is 3.45. The SMILES string of the molecule is c1ccc2cc(-c3ccc4c(c3)NCC4)ccc2c1. The van der Waals surface area contributed by atoms with Gasteiger partial charge in [0.25, 0.3) is 0 Å². The van der Waals surface area contributed by atoms with Gasteiger partial charge in [0.1, 0.15) is 0 Å². The number of benzene rings is 3. The molecule has 0 aromatic heterocycles. The third-order valence-corrected chi connectivity index (χ3v) is 3.90. The van der Waals surface area contributed by atoms with Gasteiger partial charge in [0.05, 0.1) is 0 Å². The van der Waals surface area contributed by atoms with Gasteiger partial charge in [-0.15, -0.1) is 0 Å². The number of hydrogen-bond acceptors (Lipinski definition) is 1. The lowest BCUT2D eigenvalue weighted by atomic mass is 9.99. The molecule has 1 N–H and O–H groups in total. The molecular formula is C18H15N. The van der Waals surface area contributed by atoms with Crippen molar-refractivity contribution in [2.75, 3.05) is 11.9 Å². The van der Waals surface area contributed by atoms with E-state index < -0.39 is 0 Å². The van der Waals surface area contributed by atoms with Crippen LogP contribution in [-0.4, -0.2) is 6.54 Å². The van der Waals surface area contributed by atoms with E-state index in [1.807, 2.05) is 0 Å². The molecule has 0 fully saturated rings. The fraction of sp³-hybridized carbons (Fsp3) is 0.111. The van der Waals surface area contributed by atoms with Crippen molar-refractivity contribution in [3.63, 3.8) is 0 Å². The Morgan fingerprint density at radius 1 is 0.737 bits per heavy atom. The minimum Gasteiger partial charge on any atom is -0.384 e. The minimum atomic E-state index is 1.07. The normalized spacial score (nSPS) is 13.3. The van der Waals surface area contributed by atoms with Crippen LogP contribution in [0.25, 0.3) is 21.9 Å². The van der Waals surface area contributed by atoms with Gasteiger partial charge in [-0.1, -0.05) is 48.5 Å². The maximum Gasteiger partial charge on any atom is 0.0379 e. The second kappa shape index (κ2) is 4.13. The molecule has 4 rings (SSSR count). The molecule has 92 valence electrons. The molecule has 0 amide bonds. The van der Waals surface area contributed by atoms with Crippen molar-refractivity contribution >= 4 is 16.5 Å². The molecule has 0 saturated carbocycles. The van der Waals surface area contributed by atoms with Gasteiger partial charge >= 0.3 is 0 Å². The van der Waals surface area contributed by atoms with Crippen molar-refractivity contribution in [2.24, 2.45) is 0 Å². The molecule has 0 atom stereocenters. The van der Waals surface area contributed by atoms with Crippen LogP contribution in [0.15, 0.2) is 60.7 Å². The number of fused-ring (bicyclic) bond motifs is 2. The lowest BCUT2D eigenvalue weighted by Gasteiger charge is -2.07. The lowest BCUT2D eigenvalue weighted by Crippen LogP contribution is -1.91. The molecule has 1 nitrogen and oxygen atoms in total. The third-order valence-electron chi connectivity index (χ3n) is 3.90. The summed E-state index contributed by atoms with van der Waals surface area (Å²) in [7, 11) is 0. The zero-order valence-corrected chi connectivity index (χ0v) is 10.7. The summed E-state index contributed by atoms with van der Waals surface area (Å²) in [5, 5.41) is 6.04. The Morgan fingerprint density at radius 2 is 1.53 bits per heavy atom. The molecule has 1 aliphatic heterocycles. The second-order valence-corrected chi connectivity index (χ2v) is 5.11. The smallest absolute Gasteiger partial charge is 0.0379 e. The molecule has 0 bridgehead atoms. The molecular weight excluding hydrogens is 230 g/mol. The first-order valence-electron chi connectivity index (χ1n) is 6.76. The first-order valence-corrected chi connectivity index (χ1v) is 6.76. The largest absolute Gasteiger partial charge is 0.384 e. The van der Waals surface area contributed by atoms with E-state index in [0.717, 1.165) is 13.0 Å². The standard InChI is InChI=1S/C18H15N/c1-2-4-15-11-16(7-5-13(15)3-1)17-8-6-14-9-10-19-18(14)12-17/h1-8,11-12,19H,9-10H2. The summed E-state index contributed by atoms with van der Waals surface area (Å²) in [6.45, 7) is 1.07. The average Bonchev–Trinajstić information content (AvgIpc) is 2.94. The predicted molar refractivity (Wildman–Crippen MR) is 81.6 cm³/mol. The number of anilines is 1. The average molecular weight is 245 g/mol. The highest BCUT2D eigenvalue weighted by Gasteiger charge is 2.10. The van der Waals surface area contributed by atoms with Gasteiger partial charge in [0.2, 0.25) is 0 Å². The van der Waals surface area contributed by atoms with E-state index in [9.17, 15) is 0 Å². The Balaban J connectivity index is 1.85. The Labute approximate surface area is 112 Å². The fourth-order valence-corrected chi connectivity index (χ4v) is 2.84. The summed E-state index contributed by atoms with van der Waals surface area (Å²) in [6, 6.07) is 21.9. The number of nitrogens with one attached hydrogen (secondary N) is 1. The predicted octanol–water partition coefficient (Wildman–Crippen LogP) is 4.47. The van der Waals surface area contributed by atoms with Crippen LogP contribution in [0.5, 0.6) is 0 Å². The van der Waals surface area contributed by atoms with Crippen LogP contribution in [0.4, 0.5) is 5.69 Å². The van der Waals surface area contributed by atoms with Crippen LogP contribution in [0.1, 0.15) is 5.56 Å². The first-order chi connectivity index (χ1) is 9.40. The van der Waals surface area contributed by atoms with Crippen molar-refractivity contribution in [1.82, 2.24) is 0 Å². The van der Waals surface area contributed by atoms with Crippen LogP contribution in [-0.2, 0) is 6.42 Å². The summed E-state index contributed by atoms with van der Waals surface area (Å²) in [6.07, 6.45) is 1.15. The van der Waals surface area contributed by atoms with Crippen LogP contribution >= 0.6 is 0 Å². The van der Waals surface area contributed by atoms with Gasteiger partial charge < -0.3 is 5.32 Å². The highest BCUT2D eigenvalue weighted by molar-refractivity contribution is 5.87. The third kappa shape index (κ3) is 1.78. The lowest BCUT2D eigenvalue weighted by molar-refractivity contribution is 1.11. The molecule has 19 heavy (non-hydrogen) atoms. The van der Waals surface area contributed by atoms with E-state index in [2.05, 4.69) is 66.0 Å². The monoisotopic (exact) mass is 245 g/mol. The van der Waals surface area contributed by atoms with Gasteiger partial charge in [-0.3, -0.25) is 0 Å². The number of rotatable bonds is 1. The molecule has 1 heterocycles. The summed E-state index contributed by atoms with van der Waals surface area (Å²) < 4.78 is 0. The zero-order valence-electron chi connectivity index (χ0n) is 10.7. The zero-order chi connectivity index (χ0) is 12.7. The Kier molecular flexibility index (Phi) is 2.31. The van der Waals surface area contributed by atoms with Gasteiger partial charge in [-0.05, 0) is 46.0 Å². The van der Waals surface area contributed by atoms with Crippen molar-refractivity contribution in [3.8, 4) is 11.1 Å². The Morgan fingerprint density at radius 3 is 2.47 bits per heavy atom. The second-order valence-electron chi connectivity index (χ2n) is 5.11. The molecule has 3 aromatic rings. The van der Waals surface area contributed by atoms with Gasteiger partial charge in [-0.25, -0.2) is 0 Å².